The second-order valence-corrected chi connectivity index (χ2v) is 11.7. The Kier molecular flexibility index (Phi) is 20.5. The van der Waals surface area contributed by atoms with E-state index in [0.29, 0.717) is 0 Å². The van der Waals surface area contributed by atoms with Crippen LogP contribution in [0, 0.1) is 0 Å². The summed E-state index contributed by atoms with van der Waals surface area (Å²) in [7, 11) is 0. The van der Waals surface area contributed by atoms with E-state index in [4.69, 9.17) is 0 Å². The first kappa shape index (κ1) is 42.9. The molecular formula is C51H42O3Pt. The Morgan fingerprint density at radius 1 is 0.236 bits per heavy atom. The predicted octanol–water partition coefficient (Wildman–Crippen LogP) is 11.9. The van der Waals surface area contributed by atoms with Gasteiger partial charge in [-0.15, -0.1) is 0 Å². The van der Waals surface area contributed by atoms with Crippen LogP contribution in [0.1, 0.15) is 33.4 Å². The van der Waals surface area contributed by atoms with E-state index in [1.165, 1.54) is 0 Å². The van der Waals surface area contributed by atoms with Gasteiger partial charge in [0.05, 0.1) is 0 Å². The van der Waals surface area contributed by atoms with Crippen LogP contribution in [0.4, 0.5) is 0 Å². The molecule has 0 N–H and O–H groups in total. The third-order valence-electron chi connectivity index (χ3n) is 7.44. The van der Waals surface area contributed by atoms with Gasteiger partial charge in [-0.25, -0.2) is 0 Å². The average molecular weight is 898 g/mol. The van der Waals surface area contributed by atoms with Crippen molar-refractivity contribution in [2.24, 2.45) is 0 Å². The molecule has 0 spiro atoms. The second-order valence-electron chi connectivity index (χ2n) is 11.7. The Hall–Kier alpha value is -6.54. The molecule has 0 aromatic heterocycles. The Morgan fingerprint density at radius 2 is 0.364 bits per heavy atom. The Bertz CT molecular complexity index is 1760. The molecule has 6 aromatic carbocycles. The summed E-state index contributed by atoms with van der Waals surface area (Å²) in [6.07, 6.45) is 20.4. The smallest absolute Gasteiger partial charge is 0.178 e. The first-order chi connectivity index (χ1) is 26.5. The first-order valence-corrected chi connectivity index (χ1v) is 17.5. The van der Waals surface area contributed by atoms with Gasteiger partial charge in [0.2, 0.25) is 0 Å². The molecule has 0 saturated carbocycles. The molecule has 0 aliphatic carbocycles. The quantitative estimate of drug-likeness (QED) is 0.115. The molecule has 0 fully saturated rings. The van der Waals surface area contributed by atoms with Crippen LogP contribution in [-0.2, 0) is 35.4 Å². The van der Waals surface area contributed by atoms with Crippen molar-refractivity contribution < 1.29 is 35.4 Å². The fourth-order valence-electron chi connectivity index (χ4n) is 4.62. The standard InChI is InChI=1S/3C17H14O.Pt/c3*18-17(13-11-15-7-3-1-4-8-15)14-12-16-9-5-2-6-10-16;/h3*1-14H;/b3*13-11+,14-12+;. The third kappa shape index (κ3) is 19.2. The molecule has 274 valence electrons. The van der Waals surface area contributed by atoms with Crippen molar-refractivity contribution in [1.29, 1.82) is 0 Å². The second kappa shape index (κ2) is 26.3. The molecule has 0 radical (unpaired) electrons. The van der Waals surface area contributed by atoms with Gasteiger partial charge in [-0.1, -0.05) is 218 Å². The summed E-state index contributed by atoms with van der Waals surface area (Å²) in [5.74, 6) is -0.0341. The van der Waals surface area contributed by atoms with Gasteiger partial charge in [0, 0.05) is 21.1 Å². The molecule has 0 heterocycles. The van der Waals surface area contributed by atoms with Crippen LogP contribution in [0.2, 0.25) is 0 Å². The van der Waals surface area contributed by atoms with Crippen LogP contribution in [0.15, 0.2) is 218 Å². The number of allylic oxidation sites excluding steroid dienone is 6. The molecule has 6 aromatic rings. The summed E-state index contributed by atoms with van der Waals surface area (Å²) in [6, 6.07) is 58.7. The fourth-order valence-corrected chi connectivity index (χ4v) is 4.62. The normalized spacial score (nSPS) is 10.9. The van der Waals surface area contributed by atoms with E-state index in [9.17, 15) is 14.4 Å². The Balaban J connectivity index is 0.000000220. The van der Waals surface area contributed by atoms with Gasteiger partial charge in [-0.3, -0.25) is 14.4 Å². The maximum atomic E-state index is 11.6. The minimum absolute atomic E-state index is 0. The number of hydrogen-bond acceptors (Lipinski definition) is 3. The van der Waals surface area contributed by atoms with Gasteiger partial charge in [0.15, 0.2) is 17.3 Å². The summed E-state index contributed by atoms with van der Waals surface area (Å²) >= 11 is 0. The molecule has 6 rings (SSSR count). The number of hydrogen-bond donors (Lipinski definition) is 0. The summed E-state index contributed by atoms with van der Waals surface area (Å²) < 4.78 is 0. The van der Waals surface area contributed by atoms with Gasteiger partial charge in [-0.2, -0.15) is 0 Å². The van der Waals surface area contributed by atoms with E-state index >= 15 is 0 Å². The number of carbonyl (C=O) groups excluding carboxylic acids is 3. The van der Waals surface area contributed by atoms with Crippen molar-refractivity contribution in [3.8, 4) is 0 Å². The van der Waals surface area contributed by atoms with Crippen LogP contribution in [0.25, 0.3) is 36.5 Å². The first-order valence-electron chi connectivity index (χ1n) is 17.5. The van der Waals surface area contributed by atoms with Crippen molar-refractivity contribution in [3.63, 3.8) is 0 Å². The van der Waals surface area contributed by atoms with Crippen LogP contribution < -0.4 is 0 Å². The van der Waals surface area contributed by atoms with E-state index in [2.05, 4.69) is 0 Å². The topological polar surface area (TPSA) is 51.2 Å². The molecule has 0 saturated heterocycles. The maximum Gasteiger partial charge on any atom is 0.178 e. The van der Waals surface area contributed by atoms with Gasteiger partial charge >= 0.3 is 0 Å². The molecule has 0 amide bonds. The summed E-state index contributed by atoms with van der Waals surface area (Å²) in [6.45, 7) is 0. The van der Waals surface area contributed by atoms with Crippen LogP contribution in [-0.4, -0.2) is 17.3 Å². The maximum absolute atomic E-state index is 11.6. The molecule has 3 nitrogen and oxygen atoms in total. The van der Waals surface area contributed by atoms with Crippen molar-refractivity contribution in [3.05, 3.63) is 252 Å². The minimum atomic E-state index is -0.0114. The third-order valence-corrected chi connectivity index (χ3v) is 7.44. The van der Waals surface area contributed by atoms with E-state index in [0.717, 1.165) is 33.4 Å². The molecule has 55 heavy (non-hydrogen) atoms. The molecule has 0 bridgehead atoms. The zero-order valence-electron chi connectivity index (χ0n) is 30.3. The van der Waals surface area contributed by atoms with E-state index < -0.39 is 0 Å². The molecular weight excluding hydrogens is 856 g/mol. The van der Waals surface area contributed by atoms with Crippen molar-refractivity contribution in [2.75, 3.05) is 0 Å². The number of rotatable bonds is 12. The van der Waals surface area contributed by atoms with Crippen molar-refractivity contribution in [2.45, 2.75) is 0 Å². The van der Waals surface area contributed by atoms with E-state index in [1.54, 1.807) is 36.5 Å². The van der Waals surface area contributed by atoms with Crippen LogP contribution in [0.5, 0.6) is 0 Å². The number of ketones is 3. The average Bonchev–Trinajstić information content (AvgIpc) is 3.24. The van der Waals surface area contributed by atoms with Gasteiger partial charge in [0.1, 0.15) is 0 Å². The zero-order valence-corrected chi connectivity index (χ0v) is 32.6. The predicted molar refractivity (Wildman–Crippen MR) is 228 cm³/mol. The molecule has 0 aliphatic heterocycles. The largest absolute Gasteiger partial charge is 0.290 e. The van der Waals surface area contributed by atoms with Crippen LogP contribution >= 0.6 is 0 Å². The molecule has 4 heteroatoms. The minimum Gasteiger partial charge on any atom is -0.290 e. The summed E-state index contributed by atoms with van der Waals surface area (Å²) in [5, 5.41) is 0. The number of benzene rings is 6. The van der Waals surface area contributed by atoms with Gasteiger partial charge in [-0.05, 0) is 69.8 Å². The van der Waals surface area contributed by atoms with Gasteiger partial charge in [0.25, 0.3) is 0 Å². The van der Waals surface area contributed by atoms with Crippen LogP contribution in [0.3, 0.4) is 0 Å². The van der Waals surface area contributed by atoms with Crippen molar-refractivity contribution in [1.82, 2.24) is 0 Å². The molecule has 0 unspecified atom stereocenters. The van der Waals surface area contributed by atoms with Gasteiger partial charge < -0.3 is 0 Å². The Morgan fingerprint density at radius 3 is 0.491 bits per heavy atom. The Labute approximate surface area is 339 Å². The zero-order chi connectivity index (χ0) is 37.9. The number of carbonyl (C=O) groups is 3. The monoisotopic (exact) mass is 897 g/mol. The van der Waals surface area contributed by atoms with E-state index in [1.807, 2.05) is 218 Å². The summed E-state index contributed by atoms with van der Waals surface area (Å²) in [5.41, 5.74) is 6.16. The molecule has 0 aliphatic rings. The SMILES string of the molecule is O=C(/C=C/c1ccccc1)/C=C/c1ccccc1.O=C(/C=C/c1ccccc1)/C=C/c1ccccc1.O=C(/C=C/c1ccccc1)/C=C/c1ccccc1.[Pt]. The summed E-state index contributed by atoms with van der Waals surface area (Å²) in [4.78, 5) is 34.8. The fraction of sp³-hybridized carbons (Fsp3) is 0. The van der Waals surface area contributed by atoms with E-state index in [-0.39, 0.29) is 38.4 Å². The van der Waals surface area contributed by atoms with Crippen molar-refractivity contribution >= 4 is 53.8 Å². The molecule has 0 atom stereocenters.